The SMILES string of the molecule is CCN1CCC(c2noc(C(C)NC)n2)CC1. The maximum atomic E-state index is 5.29. The van der Waals surface area contributed by atoms with Crippen molar-refractivity contribution < 1.29 is 4.52 Å². The fourth-order valence-corrected chi connectivity index (χ4v) is 2.22. The van der Waals surface area contributed by atoms with E-state index >= 15 is 0 Å². The molecule has 1 saturated heterocycles. The van der Waals surface area contributed by atoms with E-state index in [-0.39, 0.29) is 6.04 Å². The van der Waals surface area contributed by atoms with Crippen LogP contribution in [0.5, 0.6) is 0 Å². The Bertz CT molecular complexity index is 344. The Labute approximate surface area is 103 Å². The number of aromatic nitrogens is 2. The maximum absolute atomic E-state index is 5.29. The van der Waals surface area contributed by atoms with Crippen LogP contribution in [0.15, 0.2) is 4.52 Å². The highest BCUT2D eigenvalue weighted by Gasteiger charge is 2.24. The summed E-state index contributed by atoms with van der Waals surface area (Å²) in [6, 6.07) is 0.131. The van der Waals surface area contributed by atoms with Crippen molar-refractivity contribution in [2.75, 3.05) is 26.7 Å². The second-order valence-electron chi connectivity index (χ2n) is 4.71. The molecule has 1 atom stereocenters. The monoisotopic (exact) mass is 238 g/mol. The molecule has 0 amide bonds. The lowest BCUT2D eigenvalue weighted by Gasteiger charge is -2.29. The van der Waals surface area contributed by atoms with Gasteiger partial charge in [0, 0.05) is 5.92 Å². The number of hydrogen-bond donors (Lipinski definition) is 1. The zero-order valence-electron chi connectivity index (χ0n) is 10.9. The van der Waals surface area contributed by atoms with Crippen LogP contribution in [-0.2, 0) is 0 Å². The van der Waals surface area contributed by atoms with E-state index in [1.54, 1.807) is 0 Å². The predicted octanol–water partition coefficient (Wildman–Crippen LogP) is 1.55. The van der Waals surface area contributed by atoms with Crippen molar-refractivity contribution in [3.05, 3.63) is 11.7 Å². The van der Waals surface area contributed by atoms with Crippen LogP contribution in [0.25, 0.3) is 0 Å². The molecule has 5 nitrogen and oxygen atoms in total. The molecule has 1 aliphatic rings. The number of hydrogen-bond acceptors (Lipinski definition) is 5. The molecular formula is C12H22N4O. The van der Waals surface area contributed by atoms with Gasteiger partial charge in [0.2, 0.25) is 5.89 Å². The second kappa shape index (κ2) is 5.60. The van der Waals surface area contributed by atoms with E-state index in [2.05, 4.69) is 27.3 Å². The molecular weight excluding hydrogens is 216 g/mol. The molecule has 96 valence electrons. The molecule has 0 radical (unpaired) electrons. The quantitative estimate of drug-likeness (QED) is 0.862. The average molecular weight is 238 g/mol. The molecule has 1 aliphatic heterocycles. The minimum absolute atomic E-state index is 0.131. The Morgan fingerprint density at radius 3 is 2.76 bits per heavy atom. The lowest BCUT2D eigenvalue weighted by Crippen LogP contribution is -2.32. The number of nitrogens with zero attached hydrogens (tertiary/aromatic N) is 3. The van der Waals surface area contributed by atoms with E-state index < -0.39 is 0 Å². The summed E-state index contributed by atoms with van der Waals surface area (Å²) < 4.78 is 5.29. The molecule has 0 aliphatic carbocycles. The van der Waals surface area contributed by atoms with Gasteiger partial charge in [0.15, 0.2) is 5.82 Å². The first kappa shape index (κ1) is 12.5. The molecule has 1 unspecified atom stereocenters. The first-order valence-corrected chi connectivity index (χ1v) is 6.47. The van der Waals surface area contributed by atoms with E-state index in [4.69, 9.17) is 4.52 Å². The summed E-state index contributed by atoms with van der Waals surface area (Å²) in [7, 11) is 1.90. The lowest BCUT2D eigenvalue weighted by atomic mass is 9.96. The standard InChI is InChI=1S/C12H22N4O/c1-4-16-7-5-10(6-8-16)11-14-12(17-15-11)9(2)13-3/h9-10,13H,4-8H2,1-3H3. The molecule has 2 rings (SSSR count). The van der Waals surface area contributed by atoms with Gasteiger partial charge in [0.1, 0.15) is 0 Å². The minimum Gasteiger partial charge on any atom is -0.338 e. The largest absolute Gasteiger partial charge is 0.338 e. The Morgan fingerprint density at radius 2 is 2.18 bits per heavy atom. The highest BCUT2D eigenvalue weighted by molar-refractivity contribution is 4.99. The molecule has 0 spiro atoms. The van der Waals surface area contributed by atoms with E-state index in [1.165, 1.54) is 0 Å². The fourth-order valence-electron chi connectivity index (χ4n) is 2.22. The van der Waals surface area contributed by atoms with Crippen molar-refractivity contribution in [1.29, 1.82) is 0 Å². The van der Waals surface area contributed by atoms with E-state index in [0.717, 1.165) is 38.3 Å². The Hall–Kier alpha value is -0.940. The topological polar surface area (TPSA) is 54.2 Å². The van der Waals surface area contributed by atoms with Gasteiger partial charge < -0.3 is 14.7 Å². The van der Waals surface area contributed by atoms with Crippen molar-refractivity contribution >= 4 is 0 Å². The highest BCUT2D eigenvalue weighted by atomic mass is 16.5. The lowest BCUT2D eigenvalue weighted by molar-refractivity contribution is 0.217. The Morgan fingerprint density at radius 1 is 1.47 bits per heavy atom. The van der Waals surface area contributed by atoms with Gasteiger partial charge in [-0.1, -0.05) is 12.1 Å². The average Bonchev–Trinajstić information content (AvgIpc) is 2.87. The molecule has 0 bridgehead atoms. The molecule has 2 heterocycles. The van der Waals surface area contributed by atoms with E-state index in [1.807, 2.05) is 14.0 Å². The van der Waals surface area contributed by atoms with E-state index in [9.17, 15) is 0 Å². The van der Waals surface area contributed by atoms with Crippen molar-refractivity contribution in [3.63, 3.8) is 0 Å². The van der Waals surface area contributed by atoms with Crippen LogP contribution < -0.4 is 5.32 Å². The summed E-state index contributed by atoms with van der Waals surface area (Å²) in [5.74, 6) is 2.05. The van der Waals surface area contributed by atoms with Gasteiger partial charge >= 0.3 is 0 Å². The van der Waals surface area contributed by atoms with Gasteiger partial charge in [-0.15, -0.1) is 0 Å². The molecule has 0 aromatic carbocycles. The Kier molecular flexibility index (Phi) is 4.12. The van der Waals surface area contributed by atoms with E-state index in [0.29, 0.717) is 11.8 Å². The second-order valence-corrected chi connectivity index (χ2v) is 4.71. The summed E-state index contributed by atoms with van der Waals surface area (Å²) in [4.78, 5) is 6.96. The highest BCUT2D eigenvalue weighted by Crippen LogP contribution is 2.26. The van der Waals surface area contributed by atoms with Gasteiger partial charge in [-0.05, 0) is 46.4 Å². The Balaban J connectivity index is 1.97. The third kappa shape index (κ3) is 2.84. The summed E-state index contributed by atoms with van der Waals surface area (Å²) >= 11 is 0. The smallest absolute Gasteiger partial charge is 0.243 e. The van der Waals surface area contributed by atoms with Gasteiger partial charge in [0.25, 0.3) is 0 Å². The maximum Gasteiger partial charge on any atom is 0.243 e. The van der Waals surface area contributed by atoms with Crippen molar-refractivity contribution in [3.8, 4) is 0 Å². The van der Waals surface area contributed by atoms with Crippen molar-refractivity contribution in [1.82, 2.24) is 20.4 Å². The van der Waals surface area contributed by atoms with Gasteiger partial charge in [-0.2, -0.15) is 4.98 Å². The fraction of sp³-hybridized carbons (Fsp3) is 0.833. The third-order valence-corrected chi connectivity index (χ3v) is 3.66. The zero-order chi connectivity index (χ0) is 12.3. The summed E-state index contributed by atoms with van der Waals surface area (Å²) in [6.45, 7) is 7.67. The summed E-state index contributed by atoms with van der Waals surface area (Å²) in [6.07, 6.45) is 2.28. The first-order valence-electron chi connectivity index (χ1n) is 6.47. The van der Waals surface area contributed by atoms with Crippen LogP contribution in [0, 0.1) is 0 Å². The molecule has 17 heavy (non-hydrogen) atoms. The molecule has 1 aromatic rings. The minimum atomic E-state index is 0.131. The normalized spacial score (nSPS) is 20.6. The van der Waals surface area contributed by atoms with Crippen LogP contribution >= 0.6 is 0 Å². The molecule has 5 heteroatoms. The van der Waals surface area contributed by atoms with Crippen LogP contribution in [0.3, 0.4) is 0 Å². The number of piperidine rings is 1. The van der Waals surface area contributed by atoms with Gasteiger partial charge in [-0.3, -0.25) is 0 Å². The van der Waals surface area contributed by atoms with Crippen molar-refractivity contribution in [2.45, 2.75) is 38.6 Å². The van der Waals surface area contributed by atoms with Crippen LogP contribution in [0.4, 0.5) is 0 Å². The zero-order valence-corrected chi connectivity index (χ0v) is 10.9. The molecule has 1 N–H and O–H groups in total. The molecule has 0 saturated carbocycles. The summed E-state index contributed by atoms with van der Waals surface area (Å²) in [5.41, 5.74) is 0. The predicted molar refractivity (Wildman–Crippen MR) is 65.9 cm³/mol. The van der Waals surface area contributed by atoms with Crippen LogP contribution in [0.1, 0.15) is 50.4 Å². The third-order valence-electron chi connectivity index (χ3n) is 3.66. The summed E-state index contributed by atoms with van der Waals surface area (Å²) in [5, 5.41) is 7.22. The van der Waals surface area contributed by atoms with Gasteiger partial charge in [0.05, 0.1) is 6.04 Å². The van der Waals surface area contributed by atoms with Crippen LogP contribution in [0.2, 0.25) is 0 Å². The number of nitrogens with one attached hydrogen (secondary N) is 1. The van der Waals surface area contributed by atoms with Crippen LogP contribution in [-0.4, -0.2) is 41.7 Å². The number of rotatable bonds is 4. The molecule has 1 aromatic heterocycles. The van der Waals surface area contributed by atoms with Gasteiger partial charge in [-0.25, -0.2) is 0 Å². The van der Waals surface area contributed by atoms with Crippen molar-refractivity contribution in [2.24, 2.45) is 0 Å². The first-order chi connectivity index (χ1) is 8.24. The molecule has 1 fully saturated rings. The number of likely N-dealkylation sites (tertiary alicyclic amines) is 1.